The lowest BCUT2D eigenvalue weighted by molar-refractivity contribution is -0.140. The van der Waals surface area contributed by atoms with Gasteiger partial charge in [-0.2, -0.15) is 11.8 Å². The normalized spacial score (nSPS) is 14.1. The van der Waals surface area contributed by atoms with Gasteiger partial charge in [-0.1, -0.05) is 0 Å². The molecule has 0 aromatic heterocycles. The van der Waals surface area contributed by atoms with Crippen LogP contribution in [0.1, 0.15) is 32.1 Å². The number of carbonyl (C=O) groups is 4. The Labute approximate surface area is 156 Å². The standard InChI is InChI=1S/C15H28N4O6S/c1-26-8-11(19-12(20)5-4-10(17)15(24)25)14(23)18-9(3-2-6-16)7-13(21)22/h9-11H,2-8,16-17H2,1H3,(H,18,23)(H,19,20)(H,21,22)(H,24,25). The molecule has 11 heteroatoms. The second-order valence-electron chi connectivity index (χ2n) is 5.79. The Morgan fingerprint density at radius 1 is 1.12 bits per heavy atom. The monoisotopic (exact) mass is 392 g/mol. The maximum Gasteiger partial charge on any atom is 0.320 e. The van der Waals surface area contributed by atoms with E-state index >= 15 is 0 Å². The molecule has 0 aliphatic rings. The van der Waals surface area contributed by atoms with Crippen LogP contribution in [-0.4, -0.2) is 70.6 Å². The molecular weight excluding hydrogens is 364 g/mol. The first-order valence-corrected chi connectivity index (χ1v) is 9.59. The fourth-order valence-corrected chi connectivity index (χ4v) is 2.70. The Morgan fingerprint density at radius 2 is 1.77 bits per heavy atom. The van der Waals surface area contributed by atoms with E-state index in [1.807, 2.05) is 0 Å². The van der Waals surface area contributed by atoms with Crippen LogP contribution in [0, 0.1) is 0 Å². The summed E-state index contributed by atoms with van der Waals surface area (Å²) in [5, 5.41) is 22.8. The van der Waals surface area contributed by atoms with Crippen molar-refractivity contribution in [3.8, 4) is 0 Å². The maximum absolute atomic E-state index is 12.4. The van der Waals surface area contributed by atoms with Crippen LogP contribution >= 0.6 is 11.8 Å². The fraction of sp³-hybridized carbons (Fsp3) is 0.733. The predicted octanol–water partition coefficient (Wildman–Crippen LogP) is -1.28. The molecule has 0 aromatic carbocycles. The number of carboxylic acids is 2. The third-order valence-electron chi connectivity index (χ3n) is 3.51. The Morgan fingerprint density at radius 3 is 2.27 bits per heavy atom. The lowest BCUT2D eigenvalue weighted by Crippen LogP contribution is -2.51. The lowest BCUT2D eigenvalue weighted by Gasteiger charge is -2.22. The first-order chi connectivity index (χ1) is 12.2. The second kappa shape index (κ2) is 13.4. The summed E-state index contributed by atoms with van der Waals surface area (Å²) in [5.41, 5.74) is 10.8. The number of nitrogens with two attached hydrogens (primary N) is 2. The lowest BCUT2D eigenvalue weighted by atomic mass is 10.1. The van der Waals surface area contributed by atoms with Crippen LogP contribution in [0.15, 0.2) is 0 Å². The van der Waals surface area contributed by atoms with Crippen molar-refractivity contribution in [2.45, 2.75) is 50.2 Å². The van der Waals surface area contributed by atoms with E-state index in [9.17, 15) is 19.2 Å². The van der Waals surface area contributed by atoms with E-state index in [0.717, 1.165) is 0 Å². The second-order valence-corrected chi connectivity index (χ2v) is 6.70. The highest BCUT2D eigenvalue weighted by atomic mass is 32.2. The van der Waals surface area contributed by atoms with Crippen molar-refractivity contribution in [3.05, 3.63) is 0 Å². The van der Waals surface area contributed by atoms with E-state index in [-0.39, 0.29) is 19.3 Å². The highest BCUT2D eigenvalue weighted by Gasteiger charge is 2.24. The Bertz CT molecular complexity index is 491. The van der Waals surface area contributed by atoms with Crippen LogP contribution in [0.25, 0.3) is 0 Å². The molecule has 0 aliphatic carbocycles. The molecule has 8 N–H and O–H groups in total. The van der Waals surface area contributed by atoms with E-state index in [1.165, 1.54) is 11.8 Å². The molecule has 0 spiro atoms. The number of rotatable bonds is 14. The van der Waals surface area contributed by atoms with Crippen molar-refractivity contribution in [3.63, 3.8) is 0 Å². The average Bonchev–Trinajstić information content (AvgIpc) is 2.56. The molecule has 10 nitrogen and oxygen atoms in total. The van der Waals surface area contributed by atoms with Gasteiger partial charge in [-0.25, -0.2) is 0 Å². The number of thioether (sulfide) groups is 1. The van der Waals surface area contributed by atoms with Gasteiger partial charge in [0.2, 0.25) is 11.8 Å². The first-order valence-electron chi connectivity index (χ1n) is 8.20. The van der Waals surface area contributed by atoms with Crippen LogP contribution in [0.2, 0.25) is 0 Å². The summed E-state index contributed by atoms with van der Waals surface area (Å²) in [6, 6.07) is -2.58. The minimum atomic E-state index is -1.20. The molecule has 0 aliphatic heterocycles. The molecule has 0 bridgehead atoms. The van der Waals surface area contributed by atoms with E-state index in [1.54, 1.807) is 6.26 Å². The number of hydrogen-bond donors (Lipinski definition) is 6. The predicted molar refractivity (Wildman–Crippen MR) is 97.6 cm³/mol. The molecule has 2 amide bonds. The summed E-state index contributed by atoms with van der Waals surface area (Å²) in [7, 11) is 0. The van der Waals surface area contributed by atoms with Gasteiger partial charge in [-0.3, -0.25) is 19.2 Å². The van der Waals surface area contributed by atoms with Crippen molar-refractivity contribution >= 4 is 35.5 Å². The highest BCUT2D eigenvalue weighted by molar-refractivity contribution is 7.98. The van der Waals surface area contributed by atoms with Gasteiger partial charge in [-0.15, -0.1) is 0 Å². The minimum Gasteiger partial charge on any atom is -0.481 e. The molecule has 150 valence electrons. The van der Waals surface area contributed by atoms with Crippen LogP contribution in [0.3, 0.4) is 0 Å². The van der Waals surface area contributed by atoms with Crippen molar-refractivity contribution < 1.29 is 29.4 Å². The highest BCUT2D eigenvalue weighted by Crippen LogP contribution is 2.05. The summed E-state index contributed by atoms with van der Waals surface area (Å²) in [6.45, 7) is 0.376. The van der Waals surface area contributed by atoms with Gasteiger partial charge in [0.1, 0.15) is 12.1 Å². The maximum atomic E-state index is 12.4. The van der Waals surface area contributed by atoms with Crippen LogP contribution in [0.4, 0.5) is 0 Å². The molecule has 0 fully saturated rings. The van der Waals surface area contributed by atoms with Gasteiger partial charge in [-0.05, 0) is 32.1 Å². The third kappa shape index (κ3) is 10.9. The Kier molecular flexibility index (Phi) is 12.4. The number of aliphatic carboxylic acids is 2. The van der Waals surface area contributed by atoms with Gasteiger partial charge in [0.15, 0.2) is 0 Å². The number of carboxylic acid groups (broad SMARTS) is 2. The number of carbonyl (C=O) groups excluding carboxylic acids is 2. The summed E-state index contributed by atoms with van der Waals surface area (Å²) >= 11 is 1.34. The molecule has 0 radical (unpaired) electrons. The van der Waals surface area contributed by atoms with E-state index in [4.69, 9.17) is 21.7 Å². The fourth-order valence-electron chi connectivity index (χ4n) is 2.13. The first kappa shape index (κ1) is 24.1. The molecule has 0 aromatic rings. The quantitative estimate of drug-likeness (QED) is 0.209. The topological polar surface area (TPSA) is 185 Å². The number of nitrogens with one attached hydrogen (secondary N) is 2. The summed E-state index contributed by atoms with van der Waals surface area (Å²) in [4.78, 5) is 45.9. The molecule has 26 heavy (non-hydrogen) atoms. The average molecular weight is 392 g/mol. The molecule has 0 saturated heterocycles. The zero-order chi connectivity index (χ0) is 20.1. The summed E-state index contributed by atoms with van der Waals surface area (Å²) in [6.07, 6.45) is 2.33. The van der Waals surface area contributed by atoms with E-state index in [2.05, 4.69) is 10.6 Å². The van der Waals surface area contributed by atoms with Gasteiger partial charge in [0.25, 0.3) is 0 Å². The van der Waals surface area contributed by atoms with Crippen molar-refractivity contribution in [2.24, 2.45) is 11.5 Å². The molecule has 0 heterocycles. The Balaban J connectivity index is 4.72. The summed E-state index contributed by atoms with van der Waals surface area (Å²) in [5.74, 6) is -2.93. The van der Waals surface area contributed by atoms with Gasteiger partial charge in [0.05, 0.1) is 6.42 Å². The minimum absolute atomic E-state index is 0.0487. The molecular formula is C15H28N4O6S. The van der Waals surface area contributed by atoms with Crippen molar-refractivity contribution in [1.29, 1.82) is 0 Å². The van der Waals surface area contributed by atoms with Crippen LogP contribution in [-0.2, 0) is 19.2 Å². The number of amides is 2. The van der Waals surface area contributed by atoms with Gasteiger partial charge >= 0.3 is 11.9 Å². The molecule has 0 rings (SSSR count). The Hall–Kier alpha value is -1.85. The molecule has 0 saturated carbocycles. The molecule has 3 unspecified atom stereocenters. The van der Waals surface area contributed by atoms with Gasteiger partial charge in [0, 0.05) is 18.2 Å². The SMILES string of the molecule is CSCC(NC(=O)CCC(N)C(=O)O)C(=O)NC(CCCN)CC(=O)O. The van der Waals surface area contributed by atoms with Crippen molar-refractivity contribution in [2.75, 3.05) is 18.6 Å². The van der Waals surface area contributed by atoms with E-state index in [0.29, 0.717) is 25.1 Å². The smallest absolute Gasteiger partial charge is 0.320 e. The van der Waals surface area contributed by atoms with Crippen LogP contribution in [0.5, 0.6) is 0 Å². The molecule has 3 atom stereocenters. The van der Waals surface area contributed by atoms with Crippen molar-refractivity contribution in [1.82, 2.24) is 10.6 Å². The number of hydrogen-bond acceptors (Lipinski definition) is 7. The largest absolute Gasteiger partial charge is 0.481 e. The summed E-state index contributed by atoms with van der Waals surface area (Å²) < 4.78 is 0. The third-order valence-corrected chi connectivity index (χ3v) is 4.18. The van der Waals surface area contributed by atoms with E-state index < -0.39 is 41.9 Å². The zero-order valence-corrected chi connectivity index (χ0v) is 15.6. The zero-order valence-electron chi connectivity index (χ0n) is 14.8. The van der Waals surface area contributed by atoms with Gasteiger partial charge < -0.3 is 32.3 Å². The van der Waals surface area contributed by atoms with Crippen LogP contribution < -0.4 is 22.1 Å².